The SMILES string of the molecule is CCOc1ccccc1NC(=O)c1cc2ccccc2c(N=Nc2cccc3c2C(=O)c2ccccc2C3=O)c1O. The standard InChI is InChI=1S/C33H23N3O5/c1-2-41-27-17-8-7-15-25(27)34-33(40)24-18-19-10-3-4-11-20(19)29(32(24)39)36-35-26-16-9-14-23-28(26)31(38)22-13-6-5-12-21(22)30(23)37/h3-18,39H,2H2,1H3,(H,34,40). The Morgan fingerprint density at radius 2 is 1.49 bits per heavy atom. The summed E-state index contributed by atoms with van der Waals surface area (Å²) in [5, 5.41) is 23.9. The summed E-state index contributed by atoms with van der Waals surface area (Å²) in [5.74, 6) is -1.05. The zero-order valence-electron chi connectivity index (χ0n) is 21.9. The highest BCUT2D eigenvalue weighted by Crippen LogP contribution is 2.41. The number of amides is 1. The van der Waals surface area contributed by atoms with E-state index in [0.29, 0.717) is 39.9 Å². The summed E-state index contributed by atoms with van der Waals surface area (Å²) < 4.78 is 5.61. The summed E-state index contributed by atoms with van der Waals surface area (Å²) in [6.45, 7) is 2.26. The molecule has 0 fully saturated rings. The lowest BCUT2D eigenvalue weighted by atomic mass is 9.83. The number of nitrogens with zero attached hydrogens (tertiary/aromatic N) is 2. The van der Waals surface area contributed by atoms with Crippen LogP contribution in [0.5, 0.6) is 11.5 Å². The lowest BCUT2D eigenvalue weighted by molar-refractivity contribution is 0.0979. The van der Waals surface area contributed by atoms with Crippen LogP contribution in [0.4, 0.5) is 17.1 Å². The third kappa shape index (κ3) is 4.51. The summed E-state index contributed by atoms with van der Waals surface area (Å²) >= 11 is 0. The van der Waals surface area contributed by atoms with Gasteiger partial charge in [-0.25, -0.2) is 0 Å². The maximum absolute atomic E-state index is 13.4. The van der Waals surface area contributed by atoms with Gasteiger partial charge in [0.05, 0.1) is 29.1 Å². The van der Waals surface area contributed by atoms with E-state index in [4.69, 9.17) is 4.74 Å². The first kappa shape index (κ1) is 25.6. The second-order valence-electron chi connectivity index (χ2n) is 9.33. The van der Waals surface area contributed by atoms with Gasteiger partial charge in [-0.05, 0) is 36.6 Å². The molecule has 1 amide bonds. The van der Waals surface area contributed by atoms with Crippen molar-refractivity contribution in [2.24, 2.45) is 10.2 Å². The first-order valence-electron chi connectivity index (χ1n) is 13.0. The molecule has 2 N–H and O–H groups in total. The number of rotatable bonds is 6. The van der Waals surface area contributed by atoms with Crippen molar-refractivity contribution >= 4 is 45.3 Å². The number of anilines is 1. The van der Waals surface area contributed by atoms with E-state index in [1.807, 2.05) is 13.0 Å². The fourth-order valence-corrected chi connectivity index (χ4v) is 4.95. The Labute approximate surface area is 234 Å². The smallest absolute Gasteiger partial charge is 0.259 e. The zero-order chi connectivity index (χ0) is 28.5. The number of carbonyl (C=O) groups is 3. The van der Waals surface area contributed by atoms with Gasteiger partial charge in [0.25, 0.3) is 5.91 Å². The molecule has 8 heteroatoms. The Hall–Kier alpha value is -5.63. The van der Waals surface area contributed by atoms with E-state index in [0.717, 1.165) is 0 Å². The fourth-order valence-electron chi connectivity index (χ4n) is 4.95. The Morgan fingerprint density at radius 3 is 2.29 bits per heavy atom. The van der Waals surface area contributed by atoms with Crippen LogP contribution >= 0.6 is 0 Å². The molecule has 0 spiro atoms. The second kappa shape index (κ2) is 10.5. The van der Waals surface area contributed by atoms with Gasteiger partial charge in [0.1, 0.15) is 11.4 Å². The molecule has 5 aromatic rings. The number of ketones is 2. The molecule has 8 nitrogen and oxygen atoms in total. The van der Waals surface area contributed by atoms with E-state index >= 15 is 0 Å². The van der Waals surface area contributed by atoms with E-state index in [2.05, 4.69) is 15.5 Å². The van der Waals surface area contributed by atoms with Crippen LogP contribution in [0.15, 0.2) is 107 Å². The zero-order valence-corrected chi connectivity index (χ0v) is 21.9. The molecule has 0 radical (unpaired) electrons. The number of nitrogens with one attached hydrogen (secondary N) is 1. The molecule has 1 aliphatic carbocycles. The lowest BCUT2D eigenvalue weighted by Gasteiger charge is -2.18. The Kier molecular flexibility index (Phi) is 6.57. The summed E-state index contributed by atoms with van der Waals surface area (Å²) in [6, 6.07) is 27.2. The van der Waals surface area contributed by atoms with Crippen molar-refractivity contribution in [1.82, 2.24) is 0 Å². The van der Waals surface area contributed by atoms with Crippen LogP contribution in [-0.2, 0) is 0 Å². The Balaban J connectivity index is 1.43. The second-order valence-corrected chi connectivity index (χ2v) is 9.33. The molecule has 5 aromatic carbocycles. The number of phenols is 1. The van der Waals surface area contributed by atoms with Crippen molar-refractivity contribution < 1.29 is 24.2 Å². The normalized spacial score (nSPS) is 12.3. The predicted octanol–water partition coefficient (Wildman–Crippen LogP) is 7.39. The topological polar surface area (TPSA) is 117 Å². The van der Waals surface area contributed by atoms with E-state index in [1.165, 1.54) is 0 Å². The molecule has 200 valence electrons. The van der Waals surface area contributed by atoms with Crippen LogP contribution in [0, 0.1) is 0 Å². The average molecular weight is 542 g/mol. The number of carbonyl (C=O) groups excluding carboxylic acids is 3. The lowest BCUT2D eigenvalue weighted by Crippen LogP contribution is -2.20. The summed E-state index contributed by atoms with van der Waals surface area (Å²) in [5.41, 5.74) is 1.69. The highest BCUT2D eigenvalue weighted by molar-refractivity contribution is 6.30. The van der Waals surface area contributed by atoms with E-state index in [1.54, 1.807) is 91.0 Å². The van der Waals surface area contributed by atoms with Crippen molar-refractivity contribution in [3.8, 4) is 11.5 Å². The molecule has 1 aliphatic rings. The van der Waals surface area contributed by atoms with Crippen LogP contribution in [0.2, 0.25) is 0 Å². The van der Waals surface area contributed by atoms with Crippen molar-refractivity contribution in [3.63, 3.8) is 0 Å². The van der Waals surface area contributed by atoms with Crippen molar-refractivity contribution in [2.75, 3.05) is 11.9 Å². The third-order valence-electron chi connectivity index (χ3n) is 6.86. The van der Waals surface area contributed by atoms with Crippen molar-refractivity contribution in [1.29, 1.82) is 0 Å². The number of aromatic hydroxyl groups is 1. The molecule has 0 aliphatic heterocycles. The summed E-state index contributed by atoms with van der Waals surface area (Å²) in [6.07, 6.45) is 0. The van der Waals surface area contributed by atoms with Crippen molar-refractivity contribution in [3.05, 3.63) is 125 Å². The Bertz CT molecular complexity index is 1910. The van der Waals surface area contributed by atoms with Gasteiger partial charge in [0, 0.05) is 22.1 Å². The van der Waals surface area contributed by atoms with Crippen molar-refractivity contribution in [2.45, 2.75) is 6.92 Å². The average Bonchev–Trinajstić information content (AvgIpc) is 3.00. The van der Waals surface area contributed by atoms with E-state index in [-0.39, 0.29) is 45.4 Å². The highest BCUT2D eigenvalue weighted by Gasteiger charge is 2.31. The molecule has 0 saturated heterocycles. The van der Waals surface area contributed by atoms with Crippen LogP contribution in [0.1, 0.15) is 49.1 Å². The molecular weight excluding hydrogens is 518 g/mol. The molecular formula is C33H23N3O5. The maximum Gasteiger partial charge on any atom is 0.259 e. The van der Waals surface area contributed by atoms with Gasteiger partial charge in [-0.15, -0.1) is 10.2 Å². The molecule has 0 saturated carbocycles. The first-order valence-corrected chi connectivity index (χ1v) is 13.0. The molecule has 0 atom stereocenters. The fraction of sp³-hybridized carbons (Fsp3) is 0.0606. The number of hydrogen-bond acceptors (Lipinski definition) is 7. The Morgan fingerprint density at radius 1 is 0.805 bits per heavy atom. The number of azo groups is 1. The van der Waals surface area contributed by atoms with Gasteiger partial charge >= 0.3 is 0 Å². The number of phenolic OH excluding ortho intramolecular Hbond substituents is 1. The van der Waals surface area contributed by atoms with Crippen LogP contribution in [-0.4, -0.2) is 29.2 Å². The van der Waals surface area contributed by atoms with Gasteiger partial charge < -0.3 is 15.2 Å². The molecule has 0 bridgehead atoms. The monoisotopic (exact) mass is 541 g/mol. The molecule has 0 heterocycles. The van der Waals surface area contributed by atoms with Crippen LogP contribution < -0.4 is 10.1 Å². The quantitative estimate of drug-likeness (QED) is 0.213. The number of fused-ring (bicyclic) bond motifs is 3. The van der Waals surface area contributed by atoms with E-state index < -0.39 is 5.91 Å². The van der Waals surface area contributed by atoms with Gasteiger partial charge in [-0.2, -0.15) is 0 Å². The van der Waals surface area contributed by atoms with Crippen LogP contribution in [0.3, 0.4) is 0 Å². The number of hydrogen-bond donors (Lipinski definition) is 2. The molecule has 6 rings (SSSR count). The maximum atomic E-state index is 13.4. The van der Waals surface area contributed by atoms with E-state index in [9.17, 15) is 19.5 Å². The summed E-state index contributed by atoms with van der Waals surface area (Å²) in [4.78, 5) is 39.9. The number of ether oxygens (including phenoxy) is 1. The molecule has 0 aromatic heterocycles. The highest BCUT2D eigenvalue weighted by atomic mass is 16.5. The van der Waals surface area contributed by atoms with Gasteiger partial charge in [-0.1, -0.05) is 72.8 Å². The third-order valence-corrected chi connectivity index (χ3v) is 6.86. The first-order chi connectivity index (χ1) is 20.0. The summed E-state index contributed by atoms with van der Waals surface area (Å²) in [7, 11) is 0. The van der Waals surface area contributed by atoms with Gasteiger partial charge in [-0.3, -0.25) is 14.4 Å². The van der Waals surface area contributed by atoms with Gasteiger partial charge in [0.2, 0.25) is 0 Å². The molecule has 0 unspecified atom stereocenters. The largest absolute Gasteiger partial charge is 0.505 e. The minimum absolute atomic E-state index is 0.0146. The number of para-hydroxylation sites is 2. The molecule has 41 heavy (non-hydrogen) atoms. The predicted molar refractivity (Wildman–Crippen MR) is 155 cm³/mol. The number of benzene rings is 5. The minimum atomic E-state index is -0.564. The van der Waals surface area contributed by atoms with Crippen LogP contribution in [0.25, 0.3) is 10.8 Å². The van der Waals surface area contributed by atoms with Gasteiger partial charge in [0.15, 0.2) is 17.3 Å². The minimum Gasteiger partial charge on any atom is -0.505 e.